The lowest BCUT2D eigenvalue weighted by Gasteiger charge is -2.28. The van der Waals surface area contributed by atoms with Crippen LogP contribution in [0.25, 0.3) is 0 Å². The van der Waals surface area contributed by atoms with Crippen LogP contribution in [0, 0.1) is 17.8 Å². The molecule has 0 saturated heterocycles. The summed E-state index contributed by atoms with van der Waals surface area (Å²) in [7, 11) is 0. The largest absolute Gasteiger partial charge is 0.316 e. The zero-order chi connectivity index (χ0) is 11.1. The second kappa shape index (κ2) is 7.27. The van der Waals surface area contributed by atoms with E-state index < -0.39 is 0 Å². The first-order valence-electron chi connectivity index (χ1n) is 6.96. The Kier molecular flexibility index (Phi) is 6.31. The molecule has 0 radical (unpaired) electrons. The molecular weight excluding hydrogens is 182 g/mol. The first kappa shape index (κ1) is 13.0. The van der Waals surface area contributed by atoms with Crippen molar-refractivity contribution in [2.24, 2.45) is 17.8 Å². The molecule has 0 amide bonds. The highest BCUT2D eigenvalue weighted by Gasteiger charge is 2.25. The quantitative estimate of drug-likeness (QED) is 0.538. The van der Waals surface area contributed by atoms with Crippen LogP contribution < -0.4 is 5.32 Å². The molecular formula is C14H29N. The molecule has 1 heteroatoms. The van der Waals surface area contributed by atoms with E-state index in [2.05, 4.69) is 26.1 Å². The number of nitrogens with one attached hydrogen (secondary N) is 1. The smallest absolute Gasteiger partial charge is 0.00178 e. The van der Waals surface area contributed by atoms with Gasteiger partial charge in [-0.1, -0.05) is 40.0 Å². The molecule has 1 aliphatic rings. The van der Waals surface area contributed by atoms with Crippen LogP contribution >= 0.6 is 0 Å². The van der Waals surface area contributed by atoms with Crippen LogP contribution in [0.2, 0.25) is 0 Å². The molecule has 0 heterocycles. The maximum Gasteiger partial charge on any atom is -0.00178 e. The molecule has 0 aromatic rings. The van der Waals surface area contributed by atoms with E-state index in [0.717, 1.165) is 17.8 Å². The first-order valence-corrected chi connectivity index (χ1v) is 6.96. The highest BCUT2D eigenvalue weighted by atomic mass is 14.9. The van der Waals surface area contributed by atoms with Gasteiger partial charge in [0.1, 0.15) is 0 Å². The van der Waals surface area contributed by atoms with Crippen LogP contribution in [-0.2, 0) is 0 Å². The van der Waals surface area contributed by atoms with Crippen molar-refractivity contribution < 1.29 is 0 Å². The van der Waals surface area contributed by atoms with Gasteiger partial charge in [0.05, 0.1) is 0 Å². The van der Waals surface area contributed by atoms with E-state index in [9.17, 15) is 0 Å². The van der Waals surface area contributed by atoms with Gasteiger partial charge in [-0.25, -0.2) is 0 Å². The normalized spacial score (nSPS) is 28.0. The fourth-order valence-electron chi connectivity index (χ4n) is 3.01. The molecule has 15 heavy (non-hydrogen) atoms. The van der Waals surface area contributed by atoms with Crippen LogP contribution in [0.1, 0.15) is 59.3 Å². The summed E-state index contributed by atoms with van der Waals surface area (Å²) < 4.78 is 0. The van der Waals surface area contributed by atoms with Crippen LogP contribution in [-0.4, -0.2) is 13.1 Å². The van der Waals surface area contributed by atoms with Crippen molar-refractivity contribution in [2.45, 2.75) is 59.3 Å². The Morgan fingerprint density at radius 2 is 1.87 bits per heavy atom. The van der Waals surface area contributed by atoms with Crippen molar-refractivity contribution in [3.05, 3.63) is 0 Å². The second-order valence-electron chi connectivity index (χ2n) is 5.51. The summed E-state index contributed by atoms with van der Waals surface area (Å²) in [6.07, 6.45) is 8.58. The Balaban J connectivity index is 2.39. The van der Waals surface area contributed by atoms with Crippen LogP contribution in [0.15, 0.2) is 0 Å². The summed E-state index contributed by atoms with van der Waals surface area (Å²) in [5.41, 5.74) is 0. The van der Waals surface area contributed by atoms with E-state index in [1.807, 2.05) is 0 Å². The molecule has 1 aliphatic carbocycles. The van der Waals surface area contributed by atoms with Gasteiger partial charge in [-0.2, -0.15) is 0 Å². The highest BCUT2D eigenvalue weighted by molar-refractivity contribution is 4.77. The summed E-state index contributed by atoms with van der Waals surface area (Å²) in [6.45, 7) is 9.52. The van der Waals surface area contributed by atoms with Gasteiger partial charge in [0.25, 0.3) is 0 Å². The Morgan fingerprint density at radius 1 is 1.13 bits per heavy atom. The van der Waals surface area contributed by atoms with Gasteiger partial charge in [-0.05, 0) is 50.1 Å². The van der Waals surface area contributed by atoms with E-state index in [4.69, 9.17) is 0 Å². The maximum absolute atomic E-state index is 3.62. The molecule has 0 aromatic carbocycles. The van der Waals surface area contributed by atoms with Crippen molar-refractivity contribution in [3.8, 4) is 0 Å². The minimum Gasteiger partial charge on any atom is -0.316 e. The van der Waals surface area contributed by atoms with Gasteiger partial charge in [0.15, 0.2) is 0 Å². The molecule has 2 unspecified atom stereocenters. The third-order valence-corrected chi connectivity index (χ3v) is 3.91. The average molecular weight is 211 g/mol. The summed E-state index contributed by atoms with van der Waals surface area (Å²) in [6, 6.07) is 0. The number of rotatable bonds is 5. The molecule has 1 fully saturated rings. The standard InChI is InChI=1S/C14H29N/c1-4-10-15-11-13-8-6-5-7-9-14(13)12(2)3/h12-15H,4-11H2,1-3H3. The Morgan fingerprint density at radius 3 is 2.53 bits per heavy atom. The highest BCUT2D eigenvalue weighted by Crippen LogP contribution is 2.33. The third-order valence-electron chi connectivity index (χ3n) is 3.91. The zero-order valence-corrected chi connectivity index (χ0v) is 10.9. The lowest BCUT2D eigenvalue weighted by Crippen LogP contribution is -2.30. The molecule has 1 N–H and O–H groups in total. The Hall–Kier alpha value is -0.0400. The van der Waals surface area contributed by atoms with Crippen LogP contribution in [0.5, 0.6) is 0 Å². The predicted molar refractivity (Wildman–Crippen MR) is 68.1 cm³/mol. The topological polar surface area (TPSA) is 12.0 Å². The van der Waals surface area contributed by atoms with E-state index in [1.54, 1.807) is 0 Å². The Bertz CT molecular complexity index is 153. The van der Waals surface area contributed by atoms with Gasteiger partial charge in [-0.15, -0.1) is 0 Å². The minimum absolute atomic E-state index is 0.872. The lowest BCUT2D eigenvalue weighted by molar-refractivity contribution is 0.231. The van der Waals surface area contributed by atoms with E-state index in [1.165, 1.54) is 51.6 Å². The monoisotopic (exact) mass is 211 g/mol. The van der Waals surface area contributed by atoms with Crippen LogP contribution in [0.4, 0.5) is 0 Å². The predicted octanol–water partition coefficient (Wildman–Crippen LogP) is 3.84. The zero-order valence-electron chi connectivity index (χ0n) is 10.9. The van der Waals surface area contributed by atoms with Gasteiger partial charge in [0, 0.05) is 0 Å². The third kappa shape index (κ3) is 4.55. The van der Waals surface area contributed by atoms with Gasteiger partial charge >= 0.3 is 0 Å². The molecule has 2 atom stereocenters. The SMILES string of the molecule is CCCNCC1CCCCCC1C(C)C. The molecule has 0 bridgehead atoms. The molecule has 90 valence electrons. The fourth-order valence-corrected chi connectivity index (χ4v) is 3.01. The van der Waals surface area contributed by atoms with Crippen LogP contribution in [0.3, 0.4) is 0 Å². The lowest BCUT2D eigenvalue weighted by atomic mass is 9.80. The van der Waals surface area contributed by atoms with Gasteiger partial charge in [0.2, 0.25) is 0 Å². The van der Waals surface area contributed by atoms with Crippen molar-refractivity contribution in [3.63, 3.8) is 0 Å². The molecule has 0 aliphatic heterocycles. The second-order valence-corrected chi connectivity index (χ2v) is 5.51. The van der Waals surface area contributed by atoms with Crippen molar-refractivity contribution in [2.75, 3.05) is 13.1 Å². The molecule has 1 rings (SSSR count). The van der Waals surface area contributed by atoms with Crippen molar-refractivity contribution >= 4 is 0 Å². The Labute approximate surface area is 96.0 Å². The molecule has 1 saturated carbocycles. The van der Waals surface area contributed by atoms with E-state index in [0.29, 0.717) is 0 Å². The fraction of sp³-hybridized carbons (Fsp3) is 1.00. The summed E-state index contributed by atoms with van der Waals surface area (Å²) in [5.74, 6) is 2.78. The first-order chi connectivity index (χ1) is 7.25. The summed E-state index contributed by atoms with van der Waals surface area (Å²) in [4.78, 5) is 0. The average Bonchev–Trinajstić information content (AvgIpc) is 2.43. The van der Waals surface area contributed by atoms with Crippen molar-refractivity contribution in [1.29, 1.82) is 0 Å². The van der Waals surface area contributed by atoms with E-state index in [-0.39, 0.29) is 0 Å². The molecule has 0 aromatic heterocycles. The summed E-state index contributed by atoms with van der Waals surface area (Å²) in [5, 5.41) is 3.62. The van der Waals surface area contributed by atoms with Crippen molar-refractivity contribution in [1.82, 2.24) is 5.32 Å². The summed E-state index contributed by atoms with van der Waals surface area (Å²) >= 11 is 0. The van der Waals surface area contributed by atoms with Gasteiger partial charge < -0.3 is 5.32 Å². The molecule has 0 spiro atoms. The maximum atomic E-state index is 3.62. The number of hydrogen-bond acceptors (Lipinski definition) is 1. The van der Waals surface area contributed by atoms with Gasteiger partial charge in [-0.3, -0.25) is 0 Å². The number of hydrogen-bond donors (Lipinski definition) is 1. The minimum atomic E-state index is 0.872. The van der Waals surface area contributed by atoms with E-state index >= 15 is 0 Å². The molecule has 1 nitrogen and oxygen atoms in total.